The van der Waals surface area contributed by atoms with Crippen molar-refractivity contribution in [1.29, 1.82) is 0 Å². The van der Waals surface area contributed by atoms with E-state index < -0.39 is 6.10 Å². The molecule has 1 aromatic heterocycles. The zero-order chi connectivity index (χ0) is 13.1. The molecule has 0 spiro atoms. The first-order chi connectivity index (χ1) is 7.78. The number of aliphatic hydroxyl groups excluding tert-OH is 1. The molecule has 0 radical (unpaired) electrons. The Kier molecular flexibility index (Phi) is 7.50. The number of guanidine groups is 1. The molecule has 1 unspecified atom stereocenters. The monoisotopic (exact) mass is 403 g/mol. The highest BCUT2D eigenvalue weighted by Gasteiger charge is 2.12. The average molecular weight is 404 g/mol. The molecular formula is C11H19ClIN3OS. The maximum Gasteiger partial charge on any atom is 0.189 e. The predicted molar refractivity (Wildman–Crippen MR) is 89.1 cm³/mol. The first kappa shape index (κ1) is 17.9. The first-order valence-electron chi connectivity index (χ1n) is 5.29. The largest absolute Gasteiger partial charge is 0.386 e. The van der Waals surface area contributed by atoms with E-state index in [2.05, 4.69) is 10.3 Å². The van der Waals surface area contributed by atoms with Gasteiger partial charge in [-0.1, -0.05) is 11.6 Å². The second-order valence-corrected chi connectivity index (χ2v) is 6.51. The molecule has 0 fully saturated rings. The zero-order valence-electron chi connectivity index (χ0n) is 10.6. The standard InChI is InChI=1S/C11H18ClN3OS.HI/c1-11(2,3)15-10(13)14-6-7(16)8-4-5-9(12)17-8;/h4-5,7,16H,6H2,1-3H3,(H3,13,14,15);1H. The van der Waals surface area contributed by atoms with E-state index in [1.807, 2.05) is 20.8 Å². The summed E-state index contributed by atoms with van der Waals surface area (Å²) in [5.41, 5.74) is 5.56. The predicted octanol–water partition coefficient (Wildman–Crippen LogP) is 2.76. The number of nitrogens with one attached hydrogen (secondary N) is 1. The molecule has 0 aliphatic carbocycles. The molecule has 1 atom stereocenters. The van der Waals surface area contributed by atoms with Crippen molar-refractivity contribution in [3.63, 3.8) is 0 Å². The Bertz CT molecular complexity index is 403. The number of hydrogen-bond acceptors (Lipinski definition) is 3. The molecule has 0 aliphatic rings. The number of aliphatic imine (C=N–C) groups is 1. The summed E-state index contributed by atoms with van der Waals surface area (Å²) in [4.78, 5) is 4.89. The van der Waals surface area contributed by atoms with Gasteiger partial charge >= 0.3 is 0 Å². The second-order valence-electron chi connectivity index (χ2n) is 4.76. The number of nitrogens with two attached hydrogens (primary N) is 1. The molecule has 104 valence electrons. The van der Waals surface area contributed by atoms with Crippen LogP contribution in [0.15, 0.2) is 17.1 Å². The van der Waals surface area contributed by atoms with Crippen LogP contribution in [-0.2, 0) is 0 Å². The molecule has 1 heterocycles. The van der Waals surface area contributed by atoms with Crippen LogP contribution in [0.4, 0.5) is 0 Å². The topological polar surface area (TPSA) is 70.6 Å². The summed E-state index contributed by atoms with van der Waals surface area (Å²) in [6.07, 6.45) is -0.659. The van der Waals surface area contributed by atoms with Gasteiger partial charge < -0.3 is 16.2 Å². The maximum atomic E-state index is 9.84. The molecular weight excluding hydrogens is 385 g/mol. The van der Waals surface area contributed by atoms with Crippen molar-refractivity contribution >= 4 is 52.9 Å². The van der Waals surface area contributed by atoms with Crippen molar-refractivity contribution in [2.75, 3.05) is 6.54 Å². The Morgan fingerprint density at radius 3 is 2.61 bits per heavy atom. The zero-order valence-corrected chi connectivity index (χ0v) is 14.5. The fourth-order valence-electron chi connectivity index (χ4n) is 1.21. The van der Waals surface area contributed by atoms with Gasteiger partial charge in [-0.3, -0.25) is 4.99 Å². The number of hydrogen-bond donors (Lipinski definition) is 3. The van der Waals surface area contributed by atoms with Gasteiger partial charge in [0.25, 0.3) is 0 Å². The van der Waals surface area contributed by atoms with Crippen LogP contribution in [0, 0.1) is 0 Å². The summed E-state index contributed by atoms with van der Waals surface area (Å²) >= 11 is 7.13. The number of rotatable bonds is 3. The average Bonchev–Trinajstić information content (AvgIpc) is 2.58. The Labute approximate surface area is 134 Å². The third-order valence-electron chi connectivity index (χ3n) is 1.86. The minimum absolute atomic E-state index is 0. The van der Waals surface area contributed by atoms with Crippen molar-refractivity contribution < 1.29 is 5.11 Å². The summed E-state index contributed by atoms with van der Waals surface area (Å²) in [5, 5.41) is 12.9. The van der Waals surface area contributed by atoms with Crippen LogP contribution in [0.1, 0.15) is 31.8 Å². The SMILES string of the molecule is CC(C)(C)NC(N)=NCC(O)c1ccc(Cl)s1.I. The van der Waals surface area contributed by atoms with E-state index in [0.717, 1.165) is 4.88 Å². The third kappa shape index (κ3) is 6.77. The van der Waals surface area contributed by atoms with Crippen molar-refractivity contribution in [3.05, 3.63) is 21.3 Å². The Hall–Kier alpha value is -0.0500. The Morgan fingerprint density at radius 1 is 1.56 bits per heavy atom. The molecule has 0 saturated carbocycles. The van der Waals surface area contributed by atoms with Crippen molar-refractivity contribution in [3.8, 4) is 0 Å². The van der Waals surface area contributed by atoms with E-state index >= 15 is 0 Å². The van der Waals surface area contributed by atoms with Crippen LogP contribution in [0.2, 0.25) is 4.34 Å². The number of thiophene rings is 1. The van der Waals surface area contributed by atoms with Gasteiger partial charge in [0.1, 0.15) is 6.10 Å². The molecule has 0 aliphatic heterocycles. The van der Waals surface area contributed by atoms with Crippen molar-refractivity contribution in [2.45, 2.75) is 32.4 Å². The van der Waals surface area contributed by atoms with Crippen LogP contribution >= 0.6 is 46.9 Å². The van der Waals surface area contributed by atoms with Crippen molar-refractivity contribution in [2.24, 2.45) is 10.7 Å². The van der Waals surface area contributed by atoms with Crippen LogP contribution < -0.4 is 11.1 Å². The van der Waals surface area contributed by atoms with Gasteiger partial charge in [0, 0.05) is 10.4 Å². The quantitative estimate of drug-likeness (QED) is 0.413. The number of halogens is 2. The second kappa shape index (κ2) is 7.52. The molecule has 1 rings (SSSR count). The van der Waals surface area contributed by atoms with E-state index in [-0.39, 0.29) is 36.1 Å². The van der Waals surface area contributed by atoms with E-state index in [1.165, 1.54) is 11.3 Å². The van der Waals surface area contributed by atoms with Gasteiger partial charge in [0.15, 0.2) is 5.96 Å². The summed E-state index contributed by atoms with van der Waals surface area (Å²) in [6.45, 7) is 6.20. The Morgan fingerprint density at radius 2 is 2.17 bits per heavy atom. The van der Waals surface area contributed by atoms with Crippen LogP contribution in [-0.4, -0.2) is 23.1 Å². The molecule has 1 aromatic rings. The smallest absolute Gasteiger partial charge is 0.189 e. The summed E-state index contributed by atoms with van der Waals surface area (Å²) < 4.78 is 0.656. The van der Waals surface area contributed by atoms with E-state index in [1.54, 1.807) is 12.1 Å². The fraction of sp³-hybridized carbons (Fsp3) is 0.545. The molecule has 4 nitrogen and oxygen atoms in total. The number of aliphatic hydroxyl groups is 1. The third-order valence-corrected chi connectivity index (χ3v) is 3.19. The molecule has 7 heteroatoms. The van der Waals surface area contributed by atoms with E-state index in [0.29, 0.717) is 10.3 Å². The summed E-state index contributed by atoms with van der Waals surface area (Å²) in [5.74, 6) is 0.333. The lowest BCUT2D eigenvalue weighted by atomic mass is 10.1. The van der Waals surface area contributed by atoms with Gasteiger partial charge in [-0.05, 0) is 32.9 Å². The lowest BCUT2D eigenvalue weighted by molar-refractivity contribution is 0.191. The molecule has 0 saturated heterocycles. The van der Waals surface area contributed by atoms with Crippen LogP contribution in [0.5, 0.6) is 0 Å². The highest BCUT2D eigenvalue weighted by Crippen LogP contribution is 2.26. The number of nitrogens with zero attached hydrogens (tertiary/aromatic N) is 1. The lowest BCUT2D eigenvalue weighted by Crippen LogP contribution is -2.45. The van der Waals surface area contributed by atoms with Crippen LogP contribution in [0.25, 0.3) is 0 Å². The Balaban J connectivity index is 0.00000289. The van der Waals surface area contributed by atoms with E-state index in [4.69, 9.17) is 17.3 Å². The lowest BCUT2D eigenvalue weighted by Gasteiger charge is -2.21. The van der Waals surface area contributed by atoms with Gasteiger partial charge in [0.2, 0.25) is 0 Å². The highest BCUT2D eigenvalue weighted by molar-refractivity contribution is 14.0. The molecule has 0 amide bonds. The summed E-state index contributed by atoms with van der Waals surface area (Å²) in [6, 6.07) is 3.55. The first-order valence-corrected chi connectivity index (χ1v) is 6.49. The minimum Gasteiger partial charge on any atom is -0.386 e. The van der Waals surface area contributed by atoms with Gasteiger partial charge in [-0.15, -0.1) is 35.3 Å². The fourth-order valence-corrected chi connectivity index (χ4v) is 2.24. The maximum absolute atomic E-state index is 9.84. The minimum atomic E-state index is -0.659. The van der Waals surface area contributed by atoms with Gasteiger partial charge in [-0.2, -0.15) is 0 Å². The van der Waals surface area contributed by atoms with Crippen LogP contribution in [0.3, 0.4) is 0 Å². The highest BCUT2D eigenvalue weighted by atomic mass is 127. The molecule has 18 heavy (non-hydrogen) atoms. The van der Waals surface area contributed by atoms with Gasteiger partial charge in [0.05, 0.1) is 10.9 Å². The molecule has 4 N–H and O–H groups in total. The van der Waals surface area contributed by atoms with Crippen molar-refractivity contribution in [1.82, 2.24) is 5.32 Å². The normalized spacial score (nSPS) is 13.9. The van der Waals surface area contributed by atoms with E-state index in [9.17, 15) is 5.11 Å². The molecule has 0 bridgehead atoms. The summed E-state index contributed by atoms with van der Waals surface area (Å²) in [7, 11) is 0. The molecule has 0 aromatic carbocycles. The van der Waals surface area contributed by atoms with Gasteiger partial charge in [-0.25, -0.2) is 0 Å².